The number of benzene rings is 1. The molecule has 2 nitrogen and oxygen atoms in total. The highest BCUT2D eigenvalue weighted by Crippen LogP contribution is 2.33. The van der Waals surface area contributed by atoms with Crippen LogP contribution in [0.1, 0.15) is 31.4 Å². The van der Waals surface area contributed by atoms with Gasteiger partial charge in [0, 0.05) is 10.6 Å². The Balaban J connectivity index is 2.26. The molecule has 14 heavy (non-hydrogen) atoms. The third kappa shape index (κ3) is 2.20. The smallest absolute Gasteiger partial charge is 0.125 e. The molecule has 1 saturated carbocycles. The maximum absolute atomic E-state index is 9.52. The minimum absolute atomic E-state index is 0.341. The van der Waals surface area contributed by atoms with Gasteiger partial charge in [0.1, 0.15) is 5.75 Å². The summed E-state index contributed by atoms with van der Waals surface area (Å²) in [5.41, 5.74) is 0.768. The molecule has 1 aliphatic rings. The van der Waals surface area contributed by atoms with E-state index in [4.69, 9.17) is 16.3 Å². The van der Waals surface area contributed by atoms with E-state index >= 15 is 0 Å². The molecule has 0 unspecified atom stereocenters. The largest absolute Gasteiger partial charge is 0.490 e. The maximum Gasteiger partial charge on any atom is 0.125 e. The standard InChI is InChI=1S/C11H13ClO2/c1-7(13)10-6-8(12)2-5-11(10)14-9-3-4-9/h2,5-7,9,13H,3-4H2,1H3/t7-/m0/s1. The van der Waals surface area contributed by atoms with Crippen LogP contribution in [-0.2, 0) is 0 Å². The molecular formula is C11H13ClO2. The molecular weight excluding hydrogens is 200 g/mol. The zero-order chi connectivity index (χ0) is 10.1. The van der Waals surface area contributed by atoms with Gasteiger partial charge < -0.3 is 9.84 Å². The molecule has 3 heteroatoms. The second-order valence-corrected chi connectivity index (χ2v) is 4.11. The van der Waals surface area contributed by atoms with Gasteiger partial charge in [0.2, 0.25) is 0 Å². The first-order chi connectivity index (χ1) is 6.66. The molecule has 2 rings (SSSR count). The average Bonchev–Trinajstić information content (AvgIpc) is 2.91. The van der Waals surface area contributed by atoms with E-state index in [1.807, 2.05) is 6.07 Å². The van der Waals surface area contributed by atoms with E-state index in [9.17, 15) is 5.11 Å². The van der Waals surface area contributed by atoms with Gasteiger partial charge in [-0.3, -0.25) is 0 Å². The molecule has 0 bridgehead atoms. The Labute approximate surface area is 88.5 Å². The van der Waals surface area contributed by atoms with Crippen molar-refractivity contribution in [2.45, 2.75) is 32.0 Å². The quantitative estimate of drug-likeness (QED) is 0.835. The van der Waals surface area contributed by atoms with Crippen LogP contribution in [0, 0.1) is 0 Å². The first-order valence-electron chi connectivity index (χ1n) is 4.81. The summed E-state index contributed by atoms with van der Waals surface area (Å²) in [6.45, 7) is 1.71. The molecule has 1 aromatic rings. The number of ether oxygens (including phenoxy) is 1. The molecule has 1 N–H and O–H groups in total. The van der Waals surface area contributed by atoms with E-state index < -0.39 is 6.10 Å². The molecule has 0 aromatic heterocycles. The van der Waals surface area contributed by atoms with Gasteiger partial charge in [0.25, 0.3) is 0 Å². The fraction of sp³-hybridized carbons (Fsp3) is 0.455. The Bertz CT molecular complexity index is 332. The van der Waals surface area contributed by atoms with Crippen LogP contribution in [-0.4, -0.2) is 11.2 Å². The van der Waals surface area contributed by atoms with Crippen LogP contribution in [0.2, 0.25) is 5.02 Å². The van der Waals surface area contributed by atoms with E-state index in [0.717, 1.165) is 24.2 Å². The number of hydrogen-bond acceptors (Lipinski definition) is 2. The summed E-state index contributed by atoms with van der Waals surface area (Å²) in [7, 11) is 0. The highest BCUT2D eigenvalue weighted by Gasteiger charge is 2.25. The van der Waals surface area contributed by atoms with Crippen LogP contribution in [0.25, 0.3) is 0 Å². The van der Waals surface area contributed by atoms with Crippen molar-refractivity contribution >= 4 is 11.6 Å². The number of rotatable bonds is 3. The lowest BCUT2D eigenvalue weighted by Gasteiger charge is -2.13. The van der Waals surface area contributed by atoms with E-state index in [1.54, 1.807) is 19.1 Å². The molecule has 0 saturated heterocycles. The minimum atomic E-state index is -0.539. The van der Waals surface area contributed by atoms with Gasteiger partial charge in [-0.25, -0.2) is 0 Å². The van der Waals surface area contributed by atoms with Crippen LogP contribution in [0.15, 0.2) is 18.2 Å². The zero-order valence-corrected chi connectivity index (χ0v) is 8.79. The van der Waals surface area contributed by atoms with Gasteiger partial charge in [-0.05, 0) is 38.0 Å². The van der Waals surface area contributed by atoms with Crippen molar-refractivity contribution < 1.29 is 9.84 Å². The second-order valence-electron chi connectivity index (χ2n) is 3.68. The summed E-state index contributed by atoms with van der Waals surface area (Å²) in [4.78, 5) is 0. The van der Waals surface area contributed by atoms with Gasteiger partial charge in [0.05, 0.1) is 12.2 Å². The van der Waals surface area contributed by atoms with E-state index in [0.29, 0.717) is 11.1 Å². The van der Waals surface area contributed by atoms with Crippen LogP contribution in [0.5, 0.6) is 5.75 Å². The van der Waals surface area contributed by atoms with Crippen molar-refractivity contribution in [2.24, 2.45) is 0 Å². The first-order valence-corrected chi connectivity index (χ1v) is 5.19. The number of hydrogen-bond donors (Lipinski definition) is 1. The molecule has 1 aromatic carbocycles. The Morgan fingerprint density at radius 3 is 2.79 bits per heavy atom. The molecule has 0 amide bonds. The minimum Gasteiger partial charge on any atom is -0.490 e. The number of aliphatic hydroxyl groups is 1. The van der Waals surface area contributed by atoms with Crippen LogP contribution < -0.4 is 4.74 Å². The monoisotopic (exact) mass is 212 g/mol. The normalized spacial score (nSPS) is 17.9. The fourth-order valence-corrected chi connectivity index (χ4v) is 1.50. The lowest BCUT2D eigenvalue weighted by atomic mass is 10.1. The fourth-order valence-electron chi connectivity index (χ4n) is 1.32. The summed E-state index contributed by atoms with van der Waals surface area (Å²) in [6.07, 6.45) is 2.03. The van der Waals surface area contributed by atoms with Crippen molar-refractivity contribution in [1.29, 1.82) is 0 Å². The molecule has 76 valence electrons. The van der Waals surface area contributed by atoms with Crippen molar-refractivity contribution in [3.63, 3.8) is 0 Å². The van der Waals surface area contributed by atoms with Crippen molar-refractivity contribution in [1.82, 2.24) is 0 Å². The lowest BCUT2D eigenvalue weighted by molar-refractivity contribution is 0.190. The van der Waals surface area contributed by atoms with Crippen LogP contribution in [0.4, 0.5) is 0 Å². The summed E-state index contributed by atoms with van der Waals surface area (Å²) in [6, 6.07) is 5.36. The van der Waals surface area contributed by atoms with Gasteiger partial charge in [-0.2, -0.15) is 0 Å². The van der Waals surface area contributed by atoms with Crippen molar-refractivity contribution in [2.75, 3.05) is 0 Å². The van der Waals surface area contributed by atoms with Crippen molar-refractivity contribution in [3.05, 3.63) is 28.8 Å². The van der Waals surface area contributed by atoms with Gasteiger partial charge in [0.15, 0.2) is 0 Å². The van der Waals surface area contributed by atoms with E-state index in [-0.39, 0.29) is 0 Å². The number of halogens is 1. The molecule has 0 spiro atoms. The molecule has 1 fully saturated rings. The molecule has 0 aliphatic heterocycles. The first kappa shape index (κ1) is 9.81. The highest BCUT2D eigenvalue weighted by atomic mass is 35.5. The van der Waals surface area contributed by atoms with Gasteiger partial charge in [-0.15, -0.1) is 0 Å². The third-order valence-electron chi connectivity index (χ3n) is 2.24. The Kier molecular flexibility index (Phi) is 2.66. The third-order valence-corrected chi connectivity index (χ3v) is 2.48. The molecule has 1 atom stereocenters. The lowest BCUT2D eigenvalue weighted by Crippen LogP contribution is -2.01. The predicted octanol–water partition coefficient (Wildman–Crippen LogP) is 2.93. The predicted molar refractivity (Wildman–Crippen MR) is 55.7 cm³/mol. The maximum atomic E-state index is 9.52. The Hall–Kier alpha value is -0.730. The van der Waals surface area contributed by atoms with E-state index in [1.165, 1.54) is 0 Å². The topological polar surface area (TPSA) is 29.5 Å². The van der Waals surface area contributed by atoms with E-state index in [2.05, 4.69) is 0 Å². The SMILES string of the molecule is C[C@H](O)c1cc(Cl)ccc1OC1CC1. The molecule has 0 heterocycles. The number of aliphatic hydroxyl groups excluding tert-OH is 1. The summed E-state index contributed by atoms with van der Waals surface area (Å²) in [5, 5.41) is 10.2. The van der Waals surface area contributed by atoms with Crippen LogP contribution in [0.3, 0.4) is 0 Å². The second kappa shape index (κ2) is 3.79. The average molecular weight is 213 g/mol. The summed E-state index contributed by atoms with van der Waals surface area (Å²) in [5.74, 6) is 0.756. The Morgan fingerprint density at radius 2 is 2.21 bits per heavy atom. The summed E-state index contributed by atoms with van der Waals surface area (Å²) < 4.78 is 5.65. The summed E-state index contributed by atoms with van der Waals surface area (Å²) >= 11 is 5.85. The molecule has 1 aliphatic carbocycles. The van der Waals surface area contributed by atoms with Crippen molar-refractivity contribution in [3.8, 4) is 5.75 Å². The highest BCUT2D eigenvalue weighted by molar-refractivity contribution is 6.30. The molecule has 0 radical (unpaired) electrons. The zero-order valence-electron chi connectivity index (χ0n) is 8.03. The van der Waals surface area contributed by atoms with Crippen LogP contribution >= 0.6 is 11.6 Å². The van der Waals surface area contributed by atoms with Gasteiger partial charge in [-0.1, -0.05) is 11.6 Å². The van der Waals surface area contributed by atoms with Gasteiger partial charge >= 0.3 is 0 Å². The Morgan fingerprint density at radius 1 is 1.50 bits per heavy atom.